The number of nitrogens with one attached hydrogen (secondary N) is 1. The van der Waals surface area contributed by atoms with Crippen LogP contribution in [0.2, 0.25) is 0 Å². The molecule has 0 unspecified atom stereocenters. The Morgan fingerprint density at radius 3 is 3.05 bits per heavy atom. The van der Waals surface area contributed by atoms with E-state index in [1.807, 2.05) is 12.1 Å². The summed E-state index contributed by atoms with van der Waals surface area (Å²) in [7, 11) is 1.64. The van der Waals surface area contributed by atoms with Gasteiger partial charge < -0.3 is 19.5 Å². The van der Waals surface area contributed by atoms with Gasteiger partial charge in [0.15, 0.2) is 11.5 Å². The Balaban J connectivity index is 1.68. The van der Waals surface area contributed by atoms with Gasteiger partial charge in [0.05, 0.1) is 7.11 Å². The molecule has 2 aromatic rings. The van der Waals surface area contributed by atoms with Crippen LogP contribution >= 0.6 is 11.3 Å². The number of rotatable bonds is 5. The minimum Gasteiger partial charge on any atom is -0.493 e. The molecule has 0 radical (unpaired) electrons. The molecule has 0 saturated heterocycles. The highest BCUT2D eigenvalue weighted by molar-refractivity contribution is 7.09. The van der Waals surface area contributed by atoms with Gasteiger partial charge in [-0.1, -0.05) is 6.07 Å². The fourth-order valence-electron chi connectivity index (χ4n) is 2.03. The molecule has 0 fully saturated rings. The molecule has 19 heavy (non-hydrogen) atoms. The summed E-state index contributed by atoms with van der Waals surface area (Å²) >= 11 is 1.75. The zero-order valence-electron chi connectivity index (χ0n) is 10.6. The first-order valence-electron chi connectivity index (χ1n) is 6.06. The van der Waals surface area contributed by atoms with Crippen LogP contribution in [0.4, 0.5) is 0 Å². The Bertz CT molecular complexity index is 554. The fourth-order valence-corrected chi connectivity index (χ4v) is 2.70. The van der Waals surface area contributed by atoms with E-state index in [1.165, 1.54) is 4.88 Å². The van der Waals surface area contributed by atoms with Crippen LogP contribution < -0.4 is 19.5 Å². The third kappa shape index (κ3) is 2.67. The van der Waals surface area contributed by atoms with Crippen LogP contribution in [0, 0.1) is 0 Å². The molecular formula is C14H15NO3S. The normalized spacial score (nSPS) is 12.7. The molecule has 1 aromatic carbocycles. The molecular weight excluding hydrogens is 262 g/mol. The third-order valence-electron chi connectivity index (χ3n) is 2.93. The van der Waals surface area contributed by atoms with Crippen molar-refractivity contribution in [1.82, 2.24) is 5.32 Å². The van der Waals surface area contributed by atoms with Crippen molar-refractivity contribution >= 4 is 11.3 Å². The molecule has 3 rings (SSSR count). The second-order valence-electron chi connectivity index (χ2n) is 4.21. The van der Waals surface area contributed by atoms with Crippen molar-refractivity contribution in [2.24, 2.45) is 0 Å². The smallest absolute Gasteiger partial charge is 0.231 e. The molecule has 100 valence electrons. The van der Waals surface area contributed by atoms with Crippen molar-refractivity contribution in [3.05, 3.63) is 40.1 Å². The second kappa shape index (κ2) is 5.50. The first-order chi connectivity index (χ1) is 9.36. The Morgan fingerprint density at radius 2 is 2.26 bits per heavy atom. The standard InChI is InChI=1S/C14H15NO3S/c1-16-12-5-10(6-13-14(12)18-9-17-13)7-15-8-11-3-2-4-19-11/h2-6,15H,7-9H2,1H3. The first-order valence-corrected chi connectivity index (χ1v) is 6.94. The van der Waals surface area contributed by atoms with Gasteiger partial charge in [-0.3, -0.25) is 0 Å². The maximum atomic E-state index is 5.41. The topological polar surface area (TPSA) is 39.7 Å². The second-order valence-corrected chi connectivity index (χ2v) is 5.25. The number of thiophene rings is 1. The summed E-state index contributed by atoms with van der Waals surface area (Å²) in [6.07, 6.45) is 0. The number of methoxy groups -OCH3 is 1. The maximum Gasteiger partial charge on any atom is 0.231 e. The third-order valence-corrected chi connectivity index (χ3v) is 3.80. The van der Waals surface area contributed by atoms with E-state index >= 15 is 0 Å². The van der Waals surface area contributed by atoms with Crippen LogP contribution in [0.25, 0.3) is 0 Å². The van der Waals surface area contributed by atoms with Crippen molar-refractivity contribution in [3.8, 4) is 17.2 Å². The number of benzene rings is 1. The van der Waals surface area contributed by atoms with E-state index < -0.39 is 0 Å². The first kappa shape index (κ1) is 12.3. The Kier molecular flexibility index (Phi) is 3.57. The number of hydrogen-bond acceptors (Lipinski definition) is 5. The summed E-state index contributed by atoms with van der Waals surface area (Å²) < 4.78 is 16.1. The highest BCUT2D eigenvalue weighted by Gasteiger charge is 2.19. The molecule has 1 aliphatic heterocycles. The number of hydrogen-bond donors (Lipinski definition) is 1. The van der Waals surface area contributed by atoms with Gasteiger partial charge >= 0.3 is 0 Å². The predicted octanol–water partition coefficient (Wildman–Crippen LogP) is 2.78. The van der Waals surface area contributed by atoms with E-state index in [-0.39, 0.29) is 6.79 Å². The lowest BCUT2D eigenvalue weighted by atomic mass is 10.2. The lowest BCUT2D eigenvalue weighted by Gasteiger charge is -2.09. The van der Waals surface area contributed by atoms with E-state index in [2.05, 4.69) is 22.8 Å². The summed E-state index contributed by atoms with van der Waals surface area (Å²) in [4.78, 5) is 1.33. The van der Waals surface area contributed by atoms with Crippen molar-refractivity contribution in [2.75, 3.05) is 13.9 Å². The summed E-state index contributed by atoms with van der Waals surface area (Å²) in [5, 5.41) is 5.49. The highest BCUT2D eigenvalue weighted by atomic mass is 32.1. The van der Waals surface area contributed by atoms with Crippen LogP contribution in [0.1, 0.15) is 10.4 Å². The van der Waals surface area contributed by atoms with E-state index in [9.17, 15) is 0 Å². The average molecular weight is 277 g/mol. The van der Waals surface area contributed by atoms with Crippen molar-refractivity contribution < 1.29 is 14.2 Å². The van der Waals surface area contributed by atoms with Gasteiger partial charge in [0, 0.05) is 18.0 Å². The number of fused-ring (bicyclic) bond motifs is 1. The highest BCUT2D eigenvalue weighted by Crippen LogP contribution is 2.41. The molecule has 0 atom stereocenters. The quantitative estimate of drug-likeness (QED) is 0.912. The zero-order chi connectivity index (χ0) is 13.1. The van der Waals surface area contributed by atoms with Crippen LogP contribution in [0.5, 0.6) is 17.2 Å². The molecule has 1 N–H and O–H groups in total. The lowest BCUT2D eigenvalue weighted by Crippen LogP contribution is -2.11. The molecule has 0 amide bonds. The summed E-state index contributed by atoms with van der Waals surface area (Å²) in [6, 6.07) is 8.16. The number of ether oxygens (including phenoxy) is 3. The van der Waals surface area contributed by atoms with Gasteiger partial charge in [-0.05, 0) is 29.1 Å². The minimum absolute atomic E-state index is 0.262. The fraction of sp³-hybridized carbons (Fsp3) is 0.286. The van der Waals surface area contributed by atoms with Gasteiger partial charge in [-0.25, -0.2) is 0 Å². The van der Waals surface area contributed by atoms with E-state index in [1.54, 1.807) is 18.4 Å². The molecule has 2 heterocycles. The Hall–Kier alpha value is -1.72. The molecule has 1 aliphatic rings. The zero-order valence-corrected chi connectivity index (χ0v) is 11.5. The predicted molar refractivity (Wildman–Crippen MR) is 74.0 cm³/mol. The summed E-state index contributed by atoms with van der Waals surface area (Å²) in [6.45, 7) is 1.90. The van der Waals surface area contributed by atoms with Crippen molar-refractivity contribution in [2.45, 2.75) is 13.1 Å². The molecule has 1 aromatic heterocycles. The molecule has 0 saturated carbocycles. The van der Waals surface area contributed by atoms with Crippen LogP contribution in [0.3, 0.4) is 0 Å². The maximum absolute atomic E-state index is 5.41. The monoisotopic (exact) mass is 277 g/mol. The average Bonchev–Trinajstić information content (AvgIpc) is 3.08. The largest absolute Gasteiger partial charge is 0.493 e. The van der Waals surface area contributed by atoms with Gasteiger partial charge in [0.1, 0.15) is 0 Å². The van der Waals surface area contributed by atoms with Crippen molar-refractivity contribution in [1.29, 1.82) is 0 Å². The van der Waals surface area contributed by atoms with E-state index in [4.69, 9.17) is 14.2 Å². The van der Waals surface area contributed by atoms with Crippen molar-refractivity contribution in [3.63, 3.8) is 0 Å². The summed E-state index contributed by atoms with van der Waals surface area (Å²) in [5.41, 5.74) is 1.12. The van der Waals surface area contributed by atoms with Gasteiger partial charge in [-0.15, -0.1) is 11.3 Å². The molecule has 4 nitrogen and oxygen atoms in total. The van der Waals surface area contributed by atoms with E-state index in [0.717, 1.165) is 30.2 Å². The van der Waals surface area contributed by atoms with Crippen LogP contribution in [-0.2, 0) is 13.1 Å². The lowest BCUT2D eigenvalue weighted by molar-refractivity contribution is 0.171. The minimum atomic E-state index is 0.262. The molecule has 0 aliphatic carbocycles. The van der Waals surface area contributed by atoms with Crippen LogP contribution in [0.15, 0.2) is 29.6 Å². The molecule has 5 heteroatoms. The molecule has 0 bridgehead atoms. The Morgan fingerprint density at radius 1 is 1.32 bits per heavy atom. The van der Waals surface area contributed by atoms with Crippen LogP contribution in [-0.4, -0.2) is 13.9 Å². The van der Waals surface area contributed by atoms with Gasteiger partial charge in [-0.2, -0.15) is 0 Å². The Labute approximate surface area is 115 Å². The molecule has 0 spiro atoms. The van der Waals surface area contributed by atoms with E-state index in [0.29, 0.717) is 5.75 Å². The SMILES string of the molecule is COc1cc(CNCc2cccs2)cc2c1OCO2. The summed E-state index contributed by atoms with van der Waals surface area (Å²) in [5.74, 6) is 2.18. The van der Waals surface area contributed by atoms with Gasteiger partial charge in [0.2, 0.25) is 12.5 Å². The van der Waals surface area contributed by atoms with Gasteiger partial charge in [0.25, 0.3) is 0 Å².